The fraction of sp³-hybridized carbons (Fsp3) is 0.190. The molecule has 4 rings (SSSR count). The minimum atomic E-state index is -0.746. The van der Waals surface area contributed by atoms with Crippen molar-refractivity contribution in [3.05, 3.63) is 75.9 Å². The van der Waals surface area contributed by atoms with E-state index in [1.165, 1.54) is 0 Å². The van der Waals surface area contributed by atoms with Crippen LogP contribution in [0.1, 0.15) is 5.56 Å². The van der Waals surface area contributed by atoms with Gasteiger partial charge in [0.25, 0.3) is 11.8 Å². The van der Waals surface area contributed by atoms with Crippen LogP contribution in [-0.2, 0) is 16.1 Å². The van der Waals surface area contributed by atoms with Crippen LogP contribution in [0.3, 0.4) is 0 Å². The minimum absolute atomic E-state index is 0.232. The number of hydrogen-bond donors (Lipinski definition) is 2. The van der Waals surface area contributed by atoms with Gasteiger partial charge < -0.3 is 15.5 Å². The molecule has 7 nitrogen and oxygen atoms in total. The van der Waals surface area contributed by atoms with E-state index in [0.717, 1.165) is 10.5 Å². The highest BCUT2D eigenvalue weighted by Crippen LogP contribution is 2.30. The molecule has 0 spiro atoms. The lowest BCUT2D eigenvalue weighted by atomic mass is 9.99. The van der Waals surface area contributed by atoms with Gasteiger partial charge in [-0.25, -0.2) is 9.69 Å². The van der Waals surface area contributed by atoms with E-state index >= 15 is 0 Å². The van der Waals surface area contributed by atoms with Crippen LogP contribution < -0.4 is 15.5 Å². The Morgan fingerprint density at radius 1 is 1.10 bits per heavy atom. The summed E-state index contributed by atoms with van der Waals surface area (Å²) >= 11 is 12.0. The molecule has 1 fully saturated rings. The van der Waals surface area contributed by atoms with Crippen LogP contribution >= 0.6 is 23.2 Å². The van der Waals surface area contributed by atoms with Crippen LogP contribution in [0.4, 0.5) is 10.5 Å². The number of anilines is 1. The third-order valence-electron chi connectivity index (χ3n) is 5.13. The number of carbonyl (C=O) groups is 3. The van der Waals surface area contributed by atoms with Crippen LogP contribution in [0.2, 0.25) is 10.0 Å². The summed E-state index contributed by atoms with van der Waals surface area (Å²) in [4.78, 5) is 41.3. The highest BCUT2D eigenvalue weighted by Gasteiger charge is 2.49. The van der Waals surface area contributed by atoms with Gasteiger partial charge in [0.15, 0.2) is 0 Å². The lowest BCUT2D eigenvalue weighted by Gasteiger charge is -2.37. The Labute approximate surface area is 183 Å². The molecule has 30 heavy (non-hydrogen) atoms. The molecule has 2 aliphatic heterocycles. The van der Waals surface area contributed by atoms with Gasteiger partial charge in [0, 0.05) is 29.8 Å². The lowest BCUT2D eigenvalue weighted by molar-refractivity contribution is -0.122. The minimum Gasteiger partial charge on any atom is -0.366 e. The van der Waals surface area contributed by atoms with Crippen LogP contribution in [0, 0.1) is 0 Å². The maximum atomic E-state index is 13.1. The van der Waals surface area contributed by atoms with Gasteiger partial charge in [-0.3, -0.25) is 9.59 Å². The number of amides is 4. The summed E-state index contributed by atoms with van der Waals surface area (Å²) in [6.07, 6.45) is 1.58. The van der Waals surface area contributed by atoms with Gasteiger partial charge in [-0.1, -0.05) is 41.4 Å². The molecule has 2 aliphatic rings. The molecule has 0 bridgehead atoms. The number of benzene rings is 2. The summed E-state index contributed by atoms with van der Waals surface area (Å²) in [7, 11) is 1.70. The Hall–Kier alpha value is -3.03. The number of carbonyl (C=O) groups excluding carboxylic acids is 3. The zero-order valence-corrected chi connectivity index (χ0v) is 17.4. The smallest absolute Gasteiger partial charge is 0.329 e. The van der Waals surface area contributed by atoms with Crippen LogP contribution in [0.15, 0.2) is 60.3 Å². The molecule has 2 aromatic rings. The van der Waals surface area contributed by atoms with E-state index in [0.29, 0.717) is 21.3 Å². The Morgan fingerprint density at radius 2 is 1.80 bits per heavy atom. The molecule has 0 aliphatic carbocycles. The van der Waals surface area contributed by atoms with Crippen molar-refractivity contribution >= 4 is 46.7 Å². The fourth-order valence-electron chi connectivity index (χ4n) is 3.64. The summed E-state index contributed by atoms with van der Waals surface area (Å²) < 4.78 is 0. The van der Waals surface area contributed by atoms with Gasteiger partial charge in [-0.15, -0.1) is 0 Å². The van der Waals surface area contributed by atoms with E-state index in [-0.39, 0.29) is 12.5 Å². The highest BCUT2D eigenvalue weighted by atomic mass is 35.5. The predicted molar refractivity (Wildman–Crippen MR) is 114 cm³/mol. The molecule has 9 heteroatoms. The van der Waals surface area contributed by atoms with Crippen molar-refractivity contribution in [1.29, 1.82) is 0 Å². The van der Waals surface area contributed by atoms with E-state index < -0.39 is 24.0 Å². The summed E-state index contributed by atoms with van der Waals surface area (Å²) in [5, 5.41) is 6.63. The molecule has 0 radical (unpaired) electrons. The first-order valence-electron chi connectivity index (χ1n) is 9.22. The number of likely N-dealkylation sites (N-methyl/N-ethyl adjacent to an activating group) is 1. The molecule has 2 aromatic carbocycles. The van der Waals surface area contributed by atoms with Crippen molar-refractivity contribution in [2.24, 2.45) is 0 Å². The highest BCUT2D eigenvalue weighted by molar-refractivity contribution is 6.31. The lowest BCUT2D eigenvalue weighted by Crippen LogP contribution is -2.65. The van der Waals surface area contributed by atoms with Gasteiger partial charge in [-0.05, 0) is 35.9 Å². The fourth-order valence-corrected chi connectivity index (χ4v) is 3.97. The van der Waals surface area contributed by atoms with Gasteiger partial charge in [0.05, 0.1) is 17.3 Å². The number of nitrogens with one attached hydrogen (secondary N) is 2. The molecule has 0 aromatic heterocycles. The monoisotopic (exact) mass is 444 g/mol. The van der Waals surface area contributed by atoms with Crippen LogP contribution in [-0.4, -0.2) is 41.9 Å². The Balaban J connectivity index is 1.51. The van der Waals surface area contributed by atoms with E-state index in [2.05, 4.69) is 10.6 Å². The SMILES string of the molecule is CN1C=C(C(=O)NCc2ccccc2Cl)C2NC(=O)N(c3ccc(Cl)cc3)C(=O)C21. The van der Waals surface area contributed by atoms with Gasteiger partial charge in [0.2, 0.25) is 0 Å². The Bertz CT molecular complexity index is 1050. The molecule has 4 amide bonds. The molecule has 0 saturated carbocycles. The zero-order chi connectivity index (χ0) is 21.4. The average Bonchev–Trinajstić information content (AvgIpc) is 3.05. The normalized spacial score (nSPS) is 20.6. The molecule has 2 unspecified atom stereocenters. The van der Waals surface area contributed by atoms with Crippen molar-refractivity contribution in [3.63, 3.8) is 0 Å². The molecular formula is C21H18Cl2N4O3. The molecule has 2 atom stereocenters. The molecule has 2 N–H and O–H groups in total. The molecule has 1 saturated heterocycles. The van der Waals surface area contributed by atoms with Gasteiger partial charge >= 0.3 is 6.03 Å². The summed E-state index contributed by atoms with van der Waals surface area (Å²) in [6, 6.07) is 11.5. The zero-order valence-electron chi connectivity index (χ0n) is 15.9. The first kappa shape index (κ1) is 20.3. The summed E-state index contributed by atoms with van der Waals surface area (Å²) in [6.45, 7) is 0.232. The topological polar surface area (TPSA) is 81.8 Å². The number of imide groups is 1. The van der Waals surface area contributed by atoms with E-state index in [1.807, 2.05) is 18.2 Å². The third kappa shape index (κ3) is 3.62. The van der Waals surface area contributed by atoms with Crippen molar-refractivity contribution in [2.45, 2.75) is 18.6 Å². The molecular weight excluding hydrogens is 427 g/mol. The van der Waals surface area contributed by atoms with Crippen molar-refractivity contribution < 1.29 is 14.4 Å². The van der Waals surface area contributed by atoms with E-state index in [9.17, 15) is 14.4 Å². The predicted octanol–water partition coefficient (Wildman–Crippen LogP) is 2.93. The van der Waals surface area contributed by atoms with Crippen LogP contribution in [0.5, 0.6) is 0 Å². The summed E-state index contributed by atoms with van der Waals surface area (Å²) in [5.41, 5.74) is 1.49. The van der Waals surface area contributed by atoms with Gasteiger partial charge in [-0.2, -0.15) is 0 Å². The first-order valence-corrected chi connectivity index (χ1v) is 9.97. The maximum Gasteiger partial charge on any atom is 0.329 e. The molecule has 2 heterocycles. The average molecular weight is 445 g/mol. The first-order chi connectivity index (χ1) is 14.4. The largest absolute Gasteiger partial charge is 0.366 e. The van der Waals surface area contributed by atoms with Crippen LogP contribution in [0.25, 0.3) is 0 Å². The quantitative estimate of drug-likeness (QED) is 0.759. The maximum absolute atomic E-state index is 13.1. The van der Waals surface area contributed by atoms with Crippen molar-refractivity contribution in [1.82, 2.24) is 15.5 Å². The molecule has 154 valence electrons. The summed E-state index contributed by atoms with van der Waals surface area (Å²) in [5.74, 6) is -0.791. The number of nitrogens with zero attached hydrogens (tertiary/aromatic N) is 2. The number of fused-ring (bicyclic) bond motifs is 1. The second kappa shape index (κ2) is 8.01. The second-order valence-corrected chi connectivity index (χ2v) is 7.89. The number of rotatable bonds is 4. The van der Waals surface area contributed by atoms with E-state index in [4.69, 9.17) is 23.2 Å². The van der Waals surface area contributed by atoms with Gasteiger partial charge in [0.1, 0.15) is 6.04 Å². The van der Waals surface area contributed by atoms with Crippen molar-refractivity contribution in [3.8, 4) is 0 Å². The number of urea groups is 1. The standard InChI is InChI=1S/C21H18Cl2N4O3/c1-26-11-15(19(28)24-10-12-4-2-3-5-16(12)23)17-18(26)20(29)27(21(30)25-17)14-8-6-13(22)7-9-14/h2-9,11,17-18H,10H2,1H3,(H,24,28)(H,25,30). The number of hydrogen-bond acceptors (Lipinski definition) is 4. The van der Waals surface area contributed by atoms with Crippen molar-refractivity contribution in [2.75, 3.05) is 11.9 Å². The third-order valence-corrected chi connectivity index (χ3v) is 5.75. The second-order valence-electron chi connectivity index (χ2n) is 7.05. The number of halogens is 2. The Kier molecular flexibility index (Phi) is 5.40. The Morgan fingerprint density at radius 3 is 2.50 bits per heavy atom. The van der Waals surface area contributed by atoms with E-state index in [1.54, 1.807) is 48.5 Å².